The lowest BCUT2D eigenvalue weighted by Gasteiger charge is -2.26. The van der Waals surface area contributed by atoms with Gasteiger partial charge in [0, 0.05) is 30.1 Å². The average Bonchev–Trinajstić information content (AvgIpc) is 3.57. The Hall–Kier alpha value is -3.86. The van der Waals surface area contributed by atoms with Gasteiger partial charge in [-0.1, -0.05) is 47.6 Å². The zero-order chi connectivity index (χ0) is 27.3. The van der Waals surface area contributed by atoms with Crippen LogP contribution < -0.4 is 10.6 Å². The number of ether oxygens (including phenoxy) is 1. The van der Waals surface area contributed by atoms with Gasteiger partial charge in [-0.15, -0.1) is 16.4 Å². The largest absolute Gasteiger partial charge is 0.407 e. The third kappa shape index (κ3) is 6.14. The predicted octanol–water partition coefficient (Wildman–Crippen LogP) is 4.94. The van der Waals surface area contributed by atoms with Gasteiger partial charge < -0.3 is 14.5 Å². The topological polar surface area (TPSA) is 110 Å². The second kappa shape index (κ2) is 12.1. The van der Waals surface area contributed by atoms with Crippen LogP contribution in [0, 0.1) is 0 Å². The summed E-state index contributed by atoms with van der Waals surface area (Å²) in [4.78, 5) is 30.4. The van der Waals surface area contributed by atoms with E-state index in [-0.39, 0.29) is 17.8 Å². The smallest absolute Gasteiger partial charge is 0.322 e. The minimum absolute atomic E-state index is 0.0415. The van der Waals surface area contributed by atoms with E-state index in [9.17, 15) is 9.59 Å². The molecule has 6 rings (SSSR count). The molecule has 2 aliphatic rings. The zero-order valence-electron chi connectivity index (χ0n) is 22.2. The standard InChI is InChI=1S/C30H31N5O4S/c36-27(22-10-6-9-21(17-22)19-35-13-15-38-16-14-35)31-29-26(23-11-4-5-12-24(23)40-29)28(37)32-30-34-33-25(39-30)18-20-7-2-1-3-8-20/h1-3,6-10,17H,4-5,11-16,18-19H2,(H,31,36)(H,32,34,37). The molecule has 0 radical (unpaired) electrons. The number of benzene rings is 2. The highest BCUT2D eigenvalue weighted by atomic mass is 32.1. The first kappa shape index (κ1) is 26.4. The van der Waals surface area contributed by atoms with Crippen molar-refractivity contribution < 1.29 is 18.7 Å². The Balaban J connectivity index is 1.18. The van der Waals surface area contributed by atoms with E-state index in [4.69, 9.17) is 9.15 Å². The minimum Gasteiger partial charge on any atom is -0.407 e. The van der Waals surface area contributed by atoms with E-state index in [1.807, 2.05) is 48.5 Å². The van der Waals surface area contributed by atoms with E-state index >= 15 is 0 Å². The van der Waals surface area contributed by atoms with E-state index in [0.29, 0.717) is 28.4 Å². The molecule has 2 aromatic heterocycles. The first-order valence-corrected chi connectivity index (χ1v) is 14.5. The maximum absolute atomic E-state index is 13.5. The third-order valence-electron chi connectivity index (χ3n) is 7.21. The van der Waals surface area contributed by atoms with E-state index in [1.165, 1.54) is 11.3 Å². The average molecular weight is 558 g/mol. The zero-order valence-corrected chi connectivity index (χ0v) is 23.0. The van der Waals surface area contributed by atoms with Crippen LogP contribution >= 0.6 is 11.3 Å². The Labute approximate surface area is 236 Å². The van der Waals surface area contributed by atoms with Crippen molar-refractivity contribution in [3.63, 3.8) is 0 Å². The summed E-state index contributed by atoms with van der Waals surface area (Å²) in [6.45, 7) is 3.98. The SMILES string of the molecule is O=C(Nc1sc2c(c1C(=O)Nc1nnc(Cc3ccccc3)o1)CCCC2)c1cccc(CN2CCOCC2)c1. The van der Waals surface area contributed by atoms with Crippen molar-refractivity contribution >= 4 is 34.2 Å². The highest BCUT2D eigenvalue weighted by molar-refractivity contribution is 7.17. The number of aryl methyl sites for hydroxylation is 1. The fraction of sp³-hybridized carbons (Fsp3) is 0.333. The van der Waals surface area contributed by atoms with E-state index < -0.39 is 0 Å². The van der Waals surface area contributed by atoms with Crippen molar-refractivity contribution in [2.24, 2.45) is 0 Å². The Morgan fingerprint density at radius 2 is 1.70 bits per heavy atom. The molecule has 0 bridgehead atoms. The van der Waals surface area contributed by atoms with Gasteiger partial charge in [-0.3, -0.25) is 19.8 Å². The summed E-state index contributed by atoms with van der Waals surface area (Å²) < 4.78 is 11.2. The van der Waals surface area contributed by atoms with Crippen LogP contribution in [0.25, 0.3) is 0 Å². The second-order valence-corrected chi connectivity index (χ2v) is 11.2. The molecule has 2 aromatic carbocycles. The number of anilines is 2. The van der Waals surface area contributed by atoms with Crippen LogP contribution in [0.3, 0.4) is 0 Å². The fourth-order valence-corrected chi connectivity index (χ4v) is 6.49. The molecular formula is C30H31N5O4S. The quantitative estimate of drug-likeness (QED) is 0.316. The Kier molecular flexibility index (Phi) is 7.99. The fourth-order valence-electron chi connectivity index (χ4n) is 5.20. The second-order valence-electron chi connectivity index (χ2n) is 10.1. The predicted molar refractivity (Wildman–Crippen MR) is 153 cm³/mol. The van der Waals surface area contributed by atoms with Crippen LogP contribution in [0.2, 0.25) is 0 Å². The number of morpholine rings is 1. The van der Waals surface area contributed by atoms with Crippen molar-refractivity contribution in [1.82, 2.24) is 15.1 Å². The number of amides is 2. The number of carbonyl (C=O) groups is 2. The normalized spacial score (nSPS) is 15.4. The van der Waals surface area contributed by atoms with Gasteiger partial charge in [-0.2, -0.15) is 0 Å². The third-order valence-corrected chi connectivity index (χ3v) is 8.42. The van der Waals surface area contributed by atoms with Crippen LogP contribution in [-0.2, 0) is 30.5 Å². The number of rotatable bonds is 8. The summed E-state index contributed by atoms with van der Waals surface area (Å²) in [6.07, 6.45) is 4.24. The monoisotopic (exact) mass is 557 g/mol. The number of nitrogens with one attached hydrogen (secondary N) is 2. The molecular weight excluding hydrogens is 526 g/mol. The van der Waals surface area contributed by atoms with Gasteiger partial charge in [0.25, 0.3) is 11.8 Å². The van der Waals surface area contributed by atoms with E-state index in [1.54, 1.807) is 6.07 Å². The van der Waals surface area contributed by atoms with Crippen molar-refractivity contribution in [3.05, 3.63) is 93.2 Å². The molecule has 10 heteroatoms. The van der Waals surface area contributed by atoms with Gasteiger partial charge in [0.1, 0.15) is 5.00 Å². The molecule has 2 N–H and O–H groups in total. The molecule has 0 atom stereocenters. The summed E-state index contributed by atoms with van der Waals surface area (Å²) >= 11 is 1.48. The van der Waals surface area contributed by atoms with Crippen LogP contribution in [-0.4, -0.2) is 53.2 Å². The molecule has 40 heavy (non-hydrogen) atoms. The van der Waals surface area contributed by atoms with Gasteiger partial charge in [0.2, 0.25) is 5.89 Å². The number of fused-ring (bicyclic) bond motifs is 1. The van der Waals surface area contributed by atoms with Crippen molar-refractivity contribution in [1.29, 1.82) is 0 Å². The Morgan fingerprint density at radius 3 is 2.55 bits per heavy atom. The summed E-state index contributed by atoms with van der Waals surface area (Å²) in [5.74, 6) is -0.176. The van der Waals surface area contributed by atoms with Crippen LogP contribution in [0.4, 0.5) is 11.0 Å². The lowest BCUT2D eigenvalue weighted by molar-refractivity contribution is 0.0342. The lowest BCUT2D eigenvalue weighted by Crippen LogP contribution is -2.35. The number of carbonyl (C=O) groups excluding carboxylic acids is 2. The molecule has 1 aliphatic carbocycles. The van der Waals surface area contributed by atoms with Gasteiger partial charge >= 0.3 is 6.01 Å². The molecule has 0 saturated carbocycles. The van der Waals surface area contributed by atoms with Gasteiger partial charge in [0.15, 0.2) is 0 Å². The number of thiophene rings is 1. The van der Waals surface area contributed by atoms with Gasteiger partial charge in [0.05, 0.1) is 25.2 Å². The summed E-state index contributed by atoms with van der Waals surface area (Å²) in [5.41, 5.74) is 4.15. The van der Waals surface area contributed by atoms with Crippen LogP contribution in [0.5, 0.6) is 0 Å². The summed E-state index contributed by atoms with van der Waals surface area (Å²) in [6, 6.07) is 17.5. The highest BCUT2D eigenvalue weighted by Gasteiger charge is 2.28. The number of hydrogen-bond acceptors (Lipinski definition) is 8. The molecule has 0 unspecified atom stereocenters. The maximum atomic E-state index is 13.5. The van der Waals surface area contributed by atoms with Gasteiger partial charge in [-0.05, 0) is 54.5 Å². The first-order chi connectivity index (χ1) is 19.6. The Morgan fingerprint density at radius 1 is 0.900 bits per heavy atom. The van der Waals surface area contributed by atoms with Crippen LogP contribution in [0.1, 0.15) is 61.0 Å². The molecule has 4 aromatic rings. The van der Waals surface area contributed by atoms with E-state index in [2.05, 4.69) is 25.7 Å². The highest BCUT2D eigenvalue weighted by Crippen LogP contribution is 2.38. The van der Waals surface area contributed by atoms with Gasteiger partial charge in [-0.25, -0.2) is 0 Å². The molecule has 3 heterocycles. The van der Waals surface area contributed by atoms with E-state index in [0.717, 1.165) is 80.1 Å². The number of hydrogen-bond donors (Lipinski definition) is 2. The summed E-state index contributed by atoms with van der Waals surface area (Å²) in [7, 11) is 0. The maximum Gasteiger partial charge on any atom is 0.322 e. The molecule has 1 saturated heterocycles. The molecule has 206 valence electrons. The van der Waals surface area contributed by atoms with Crippen LogP contribution in [0.15, 0.2) is 59.0 Å². The number of nitrogens with zero attached hydrogens (tertiary/aromatic N) is 3. The molecule has 2 amide bonds. The molecule has 0 spiro atoms. The first-order valence-electron chi connectivity index (χ1n) is 13.6. The van der Waals surface area contributed by atoms with Crippen molar-refractivity contribution in [2.45, 2.75) is 38.6 Å². The molecule has 9 nitrogen and oxygen atoms in total. The van der Waals surface area contributed by atoms with Crippen molar-refractivity contribution in [3.8, 4) is 0 Å². The Bertz CT molecular complexity index is 1490. The molecule has 1 aliphatic heterocycles. The molecule has 1 fully saturated rings. The minimum atomic E-state index is -0.356. The van der Waals surface area contributed by atoms with Crippen molar-refractivity contribution in [2.75, 3.05) is 36.9 Å². The number of aromatic nitrogens is 2. The lowest BCUT2D eigenvalue weighted by atomic mass is 9.95. The summed E-state index contributed by atoms with van der Waals surface area (Å²) in [5, 5.41) is 14.5.